The molecule has 6 nitrogen and oxygen atoms in total. The van der Waals surface area contributed by atoms with Crippen LogP contribution >= 0.6 is 0 Å². The molecule has 0 fully saturated rings. The Bertz CT molecular complexity index is 682. The Balaban J connectivity index is 2.26. The highest BCUT2D eigenvalue weighted by molar-refractivity contribution is 6.06. The number of carbonyl (C=O) groups excluding carboxylic acids is 2. The van der Waals surface area contributed by atoms with Crippen LogP contribution in [0.3, 0.4) is 0 Å². The van der Waals surface area contributed by atoms with E-state index >= 15 is 0 Å². The van der Waals surface area contributed by atoms with Crippen molar-refractivity contribution in [3.63, 3.8) is 0 Å². The maximum Gasteiger partial charge on any atom is 0.270 e. The van der Waals surface area contributed by atoms with E-state index in [2.05, 4.69) is 5.32 Å². The summed E-state index contributed by atoms with van der Waals surface area (Å²) >= 11 is 0. The number of rotatable bonds is 4. The third-order valence-electron chi connectivity index (χ3n) is 2.66. The molecule has 0 bridgehead atoms. The van der Waals surface area contributed by atoms with Gasteiger partial charge in [0.1, 0.15) is 0 Å². The van der Waals surface area contributed by atoms with Crippen LogP contribution < -0.4 is 5.32 Å². The number of nitrogens with one attached hydrogen (secondary N) is 1. The molecule has 6 heteroatoms. The van der Waals surface area contributed by atoms with E-state index < -0.39 is 10.8 Å². The van der Waals surface area contributed by atoms with Gasteiger partial charge in [-0.1, -0.05) is 18.2 Å². The Hall–Kier alpha value is -3.02. The third-order valence-corrected chi connectivity index (χ3v) is 2.66. The smallest absolute Gasteiger partial charge is 0.270 e. The molecule has 0 aliphatic carbocycles. The van der Waals surface area contributed by atoms with Gasteiger partial charge in [0.05, 0.1) is 10.6 Å². The van der Waals surface area contributed by atoms with Crippen molar-refractivity contribution in [3.8, 4) is 0 Å². The number of carbonyl (C=O) groups is 2. The molecule has 0 saturated heterocycles. The fourth-order valence-electron chi connectivity index (χ4n) is 1.67. The minimum Gasteiger partial charge on any atom is -0.321 e. The van der Waals surface area contributed by atoms with Crippen LogP contribution in [0.25, 0.3) is 0 Å². The summed E-state index contributed by atoms with van der Waals surface area (Å²) in [5.74, 6) is -0.511. The first-order valence-electron chi connectivity index (χ1n) is 5.72. The van der Waals surface area contributed by atoms with Crippen LogP contribution in [0.4, 0.5) is 11.4 Å². The molecular weight excluding hydrogens is 260 g/mol. The minimum atomic E-state index is -0.573. The van der Waals surface area contributed by atoms with Gasteiger partial charge in [-0.25, -0.2) is 0 Å². The number of anilines is 1. The van der Waals surface area contributed by atoms with Gasteiger partial charge in [-0.15, -0.1) is 0 Å². The normalized spacial score (nSPS) is 9.80. The lowest BCUT2D eigenvalue weighted by atomic mass is 10.1. The largest absolute Gasteiger partial charge is 0.321 e. The van der Waals surface area contributed by atoms with E-state index in [0.29, 0.717) is 17.5 Å². The van der Waals surface area contributed by atoms with E-state index in [1.165, 1.54) is 24.3 Å². The topological polar surface area (TPSA) is 89.3 Å². The number of hydrogen-bond donors (Lipinski definition) is 1. The number of amides is 1. The molecule has 0 saturated carbocycles. The summed E-state index contributed by atoms with van der Waals surface area (Å²) in [5.41, 5.74) is 0.687. The minimum absolute atomic E-state index is 0.153. The van der Waals surface area contributed by atoms with Crippen molar-refractivity contribution >= 4 is 23.6 Å². The lowest BCUT2D eigenvalue weighted by Crippen LogP contribution is -2.13. The number of non-ortho nitro benzene ring substituents is 1. The van der Waals surface area contributed by atoms with E-state index in [1.54, 1.807) is 24.3 Å². The first-order valence-corrected chi connectivity index (χ1v) is 5.72. The number of nitro groups is 1. The average Bonchev–Trinajstić information content (AvgIpc) is 2.48. The Morgan fingerprint density at radius 3 is 2.60 bits per heavy atom. The van der Waals surface area contributed by atoms with Gasteiger partial charge in [0.15, 0.2) is 6.29 Å². The molecule has 1 amide bonds. The summed E-state index contributed by atoms with van der Waals surface area (Å²) < 4.78 is 0. The van der Waals surface area contributed by atoms with Gasteiger partial charge < -0.3 is 5.32 Å². The van der Waals surface area contributed by atoms with E-state index in [9.17, 15) is 19.7 Å². The molecular formula is C14H10N2O4. The van der Waals surface area contributed by atoms with Crippen LogP contribution in [0, 0.1) is 10.1 Å². The maximum atomic E-state index is 12.0. The van der Waals surface area contributed by atoms with E-state index in [-0.39, 0.29) is 11.3 Å². The SMILES string of the molecule is O=Cc1ccccc1NC(=O)c1cccc([N+](=O)[O-])c1. The second-order valence-electron chi connectivity index (χ2n) is 3.97. The highest BCUT2D eigenvalue weighted by atomic mass is 16.6. The quantitative estimate of drug-likeness (QED) is 0.525. The molecule has 0 spiro atoms. The molecule has 0 atom stereocenters. The number of benzene rings is 2. The zero-order chi connectivity index (χ0) is 14.5. The first-order chi connectivity index (χ1) is 9.61. The number of nitrogens with zero attached hydrogens (tertiary/aromatic N) is 1. The zero-order valence-corrected chi connectivity index (χ0v) is 10.3. The Labute approximate surface area is 114 Å². The molecule has 0 heterocycles. The molecule has 0 aliphatic rings. The summed E-state index contributed by atoms with van der Waals surface area (Å²) in [6.07, 6.45) is 0.628. The van der Waals surface area contributed by atoms with Crippen molar-refractivity contribution < 1.29 is 14.5 Å². The Kier molecular flexibility index (Phi) is 3.85. The number of para-hydroxylation sites is 1. The van der Waals surface area contributed by atoms with Gasteiger partial charge >= 0.3 is 0 Å². The number of aldehydes is 1. The van der Waals surface area contributed by atoms with Crippen molar-refractivity contribution in [1.82, 2.24) is 0 Å². The standard InChI is InChI=1S/C14H10N2O4/c17-9-11-4-1-2-7-13(11)15-14(18)10-5-3-6-12(8-10)16(19)20/h1-9H,(H,15,18). The molecule has 2 aromatic rings. The molecule has 2 rings (SSSR count). The second-order valence-corrected chi connectivity index (χ2v) is 3.97. The van der Waals surface area contributed by atoms with Crippen LogP contribution in [-0.2, 0) is 0 Å². The third kappa shape index (κ3) is 2.86. The van der Waals surface area contributed by atoms with E-state index in [4.69, 9.17) is 0 Å². The lowest BCUT2D eigenvalue weighted by Gasteiger charge is -2.07. The second kappa shape index (κ2) is 5.75. The van der Waals surface area contributed by atoms with Crippen LogP contribution in [0.1, 0.15) is 20.7 Å². The van der Waals surface area contributed by atoms with Gasteiger partial charge in [-0.2, -0.15) is 0 Å². The van der Waals surface area contributed by atoms with Crippen LogP contribution in [0.2, 0.25) is 0 Å². The monoisotopic (exact) mass is 270 g/mol. The van der Waals surface area contributed by atoms with Crippen molar-refractivity contribution in [2.45, 2.75) is 0 Å². The Morgan fingerprint density at radius 1 is 1.15 bits per heavy atom. The maximum absolute atomic E-state index is 12.0. The summed E-state index contributed by atoms with van der Waals surface area (Å²) in [7, 11) is 0. The fraction of sp³-hybridized carbons (Fsp3) is 0. The highest BCUT2D eigenvalue weighted by Gasteiger charge is 2.12. The summed E-state index contributed by atoms with van der Waals surface area (Å²) in [6, 6.07) is 11.9. The lowest BCUT2D eigenvalue weighted by molar-refractivity contribution is -0.384. The van der Waals surface area contributed by atoms with Gasteiger partial charge in [-0.3, -0.25) is 19.7 Å². The van der Waals surface area contributed by atoms with Gasteiger partial charge in [0.25, 0.3) is 11.6 Å². The zero-order valence-electron chi connectivity index (χ0n) is 10.3. The molecule has 0 unspecified atom stereocenters. The molecule has 0 radical (unpaired) electrons. The first kappa shape index (κ1) is 13.4. The molecule has 0 aliphatic heterocycles. The molecule has 1 N–H and O–H groups in total. The predicted molar refractivity (Wildman–Crippen MR) is 72.9 cm³/mol. The molecule has 0 aromatic heterocycles. The van der Waals surface area contributed by atoms with Crippen molar-refractivity contribution in [3.05, 3.63) is 69.8 Å². The van der Waals surface area contributed by atoms with Crippen molar-refractivity contribution in [2.75, 3.05) is 5.32 Å². The van der Waals surface area contributed by atoms with Crippen molar-refractivity contribution in [1.29, 1.82) is 0 Å². The van der Waals surface area contributed by atoms with E-state index in [0.717, 1.165) is 0 Å². The highest BCUT2D eigenvalue weighted by Crippen LogP contribution is 2.17. The van der Waals surface area contributed by atoms with Crippen LogP contribution in [-0.4, -0.2) is 17.1 Å². The van der Waals surface area contributed by atoms with Crippen molar-refractivity contribution in [2.24, 2.45) is 0 Å². The fourth-order valence-corrected chi connectivity index (χ4v) is 1.67. The average molecular weight is 270 g/mol. The molecule has 20 heavy (non-hydrogen) atoms. The van der Waals surface area contributed by atoms with E-state index in [1.807, 2.05) is 0 Å². The summed E-state index contributed by atoms with van der Waals surface area (Å²) in [4.78, 5) is 32.9. The molecule has 2 aromatic carbocycles. The van der Waals surface area contributed by atoms with Crippen LogP contribution in [0.5, 0.6) is 0 Å². The summed E-state index contributed by atoms with van der Waals surface area (Å²) in [6.45, 7) is 0. The summed E-state index contributed by atoms with van der Waals surface area (Å²) in [5, 5.41) is 13.2. The van der Waals surface area contributed by atoms with Gasteiger partial charge in [0.2, 0.25) is 0 Å². The predicted octanol–water partition coefficient (Wildman–Crippen LogP) is 2.66. The Morgan fingerprint density at radius 2 is 1.90 bits per heavy atom. The van der Waals surface area contributed by atoms with Gasteiger partial charge in [-0.05, 0) is 18.2 Å². The van der Waals surface area contributed by atoms with Gasteiger partial charge in [0, 0.05) is 23.3 Å². The van der Waals surface area contributed by atoms with Crippen LogP contribution in [0.15, 0.2) is 48.5 Å². The number of hydrogen-bond acceptors (Lipinski definition) is 4. The number of nitro benzene ring substituents is 1. The molecule has 100 valence electrons.